The van der Waals surface area contributed by atoms with Crippen LogP contribution in [-0.2, 0) is 15.7 Å². The molecule has 0 saturated heterocycles. The lowest BCUT2D eigenvalue weighted by molar-refractivity contribution is -0.139. The number of hydrogen-bond acceptors (Lipinski definition) is 3. The maximum atomic E-state index is 12.7. The maximum absolute atomic E-state index is 12.7. The number of ketones is 1. The number of halogens is 4. The molecule has 0 aliphatic rings. The SMILES string of the molecule is CCOC(=O)C(=O)c1c(Br)cccc1C(F)(F)F. The second-order valence-electron chi connectivity index (χ2n) is 3.21. The van der Waals surface area contributed by atoms with Crippen molar-refractivity contribution in [1.29, 1.82) is 0 Å². The van der Waals surface area contributed by atoms with Gasteiger partial charge < -0.3 is 4.74 Å². The smallest absolute Gasteiger partial charge is 0.417 e. The lowest BCUT2D eigenvalue weighted by Crippen LogP contribution is -2.22. The van der Waals surface area contributed by atoms with Gasteiger partial charge in [0.2, 0.25) is 0 Å². The molecule has 1 aromatic carbocycles. The second-order valence-corrected chi connectivity index (χ2v) is 4.06. The molecule has 0 atom stereocenters. The fourth-order valence-corrected chi connectivity index (χ4v) is 1.84. The molecule has 0 unspecified atom stereocenters. The van der Waals surface area contributed by atoms with Crippen molar-refractivity contribution < 1.29 is 27.5 Å². The van der Waals surface area contributed by atoms with E-state index in [2.05, 4.69) is 20.7 Å². The van der Waals surface area contributed by atoms with E-state index >= 15 is 0 Å². The first kappa shape index (κ1) is 14.7. The molecule has 0 N–H and O–H groups in total. The third kappa shape index (κ3) is 3.10. The van der Waals surface area contributed by atoms with E-state index in [1.807, 2.05) is 0 Å². The molecule has 0 aromatic heterocycles. The normalized spacial score (nSPS) is 11.2. The van der Waals surface area contributed by atoms with E-state index in [9.17, 15) is 22.8 Å². The number of ether oxygens (including phenoxy) is 1. The summed E-state index contributed by atoms with van der Waals surface area (Å²) in [5, 5.41) is 0. The van der Waals surface area contributed by atoms with Gasteiger partial charge in [0.15, 0.2) is 0 Å². The lowest BCUT2D eigenvalue weighted by atomic mass is 10.0. The predicted octanol–water partition coefficient (Wildman–Crippen LogP) is 3.21. The summed E-state index contributed by atoms with van der Waals surface area (Å²) in [7, 11) is 0. The van der Waals surface area contributed by atoms with Crippen molar-refractivity contribution in [3.8, 4) is 0 Å². The zero-order chi connectivity index (χ0) is 13.9. The molecule has 1 rings (SSSR count). The molecule has 0 radical (unpaired) electrons. The molecule has 18 heavy (non-hydrogen) atoms. The monoisotopic (exact) mass is 324 g/mol. The van der Waals surface area contributed by atoms with Gasteiger partial charge in [-0.2, -0.15) is 13.2 Å². The summed E-state index contributed by atoms with van der Waals surface area (Å²) in [5.74, 6) is -2.63. The van der Waals surface area contributed by atoms with E-state index < -0.39 is 29.1 Å². The van der Waals surface area contributed by atoms with Gasteiger partial charge in [-0.3, -0.25) is 4.79 Å². The number of hydrogen-bond donors (Lipinski definition) is 0. The average Bonchev–Trinajstić information content (AvgIpc) is 2.27. The Balaban J connectivity index is 3.31. The van der Waals surface area contributed by atoms with Gasteiger partial charge >= 0.3 is 12.1 Å². The highest BCUT2D eigenvalue weighted by atomic mass is 79.9. The van der Waals surface area contributed by atoms with Crippen LogP contribution in [0.1, 0.15) is 22.8 Å². The largest absolute Gasteiger partial charge is 0.460 e. The third-order valence-electron chi connectivity index (χ3n) is 2.01. The minimum Gasteiger partial charge on any atom is -0.460 e. The van der Waals surface area contributed by atoms with Crippen LogP contribution in [0.25, 0.3) is 0 Å². The molecule has 7 heteroatoms. The molecular weight excluding hydrogens is 317 g/mol. The first-order valence-electron chi connectivity index (χ1n) is 4.86. The fraction of sp³-hybridized carbons (Fsp3) is 0.273. The van der Waals surface area contributed by atoms with Crippen molar-refractivity contribution in [3.05, 3.63) is 33.8 Å². The van der Waals surface area contributed by atoms with E-state index in [-0.39, 0.29) is 11.1 Å². The predicted molar refractivity (Wildman–Crippen MR) is 60.1 cm³/mol. The average molecular weight is 325 g/mol. The van der Waals surface area contributed by atoms with Gasteiger partial charge in [-0.15, -0.1) is 0 Å². The van der Waals surface area contributed by atoms with Crippen LogP contribution in [0.15, 0.2) is 22.7 Å². The highest BCUT2D eigenvalue weighted by molar-refractivity contribution is 9.10. The first-order chi connectivity index (χ1) is 8.29. The molecule has 3 nitrogen and oxygen atoms in total. The van der Waals surface area contributed by atoms with Crippen LogP contribution in [0.3, 0.4) is 0 Å². The van der Waals surface area contributed by atoms with E-state index in [1.54, 1.807) is 0 Å². The quantitative estimate of drug-likeness (QED) is 0.487. The summed E-state index contributed by atoms with van der Waals surface area (Å²) in [6, 6.07) is 3.12. The molecule has 0 aliphatic carbocycles. The van der Waals surface area contributed by atoms with Gasteiger partial charge in [0.05, 0.1) is 17.7 Å². The highest BCUT2D eigenvalue weighted by Gasteiger charge is 2.37. The van der Waals surface area contributed by atoms with E-state index in [1.165, 1.54) is 13.0 Å². The number of alkyl halides is 3. The van der Waals surface area contributed by atoms with Crippen LogP contribution in [-0.4, -0.2) is 18.4 Å². The van der Waals surface area contributed by atoms with Gasteiger partial charge in [0.25, 0.3) is 5.78 Å². The molecule has 0 saturated carbocycles. The molecular formula is C11H8BrF3O3. The Kier molecular flexibility index (Phi) is 4.50. The van der Waals surface area contributed by atoms with Crippen LogP contribution in [0.4, 0.5) is 13.2 Å². The Labute approximate surface area is 109 Å². The Morgan fingerprint density at radius 2 is 1.94 bits per heavy atom. The Morgan fingerprint density at radius 3 is 2.44 bits per heavy atom. The first-order valence-corrected chi connectivity index (χ1v) is 5.65. The van der Waals surface area contributed by atoms with Gasteiger partial charge in [-0.05, 0) is 19.1 Å². The summed E-state index contributed by atoms with van der Waals surface area (Å²) in [6.07, 6.45) is -4.72. The molecule has 0 heterocycles. The minimum absolute atomic E-state index is 0.0869. The standard InChI is InChI=1S/C11H8BrF3O3/c1-2-18-10(17)9(16)8-6(11(13,14)15)4-3-5-7(8)12/h3-5H,2H2,1H3. The number of carbonyl (C=O) groups excluding carboxylic acids is 2. The molecule has 0 aliphatic heterocycles. The lowest BCUT2D eigenvalue weighted by Gasteiger charge is -2.12. The van der Waals surface area contributed by atoms with E-state index in [4.69, 9.17) is 0 Å². The van der Waals surface area contributed by atoms with E-state index in [0.717, 1.165) is 12.1 Å². The number of benzene rings is 1. The zero-order valence-electron chi connectivity index (χ0n) is 9.18. The molecule has 0 spiro atoms. The van der Waals surface area contributed by atoms with Gasteiger partial charge in [0, 0.05) is 4.47 Å². The van der Waals surface area contributed by atoms with E-state index in [0.29, 0.717) is 0 Å². The van der Waals surface area contributed by atoms with Crippen LogP contribution in [0, 0.1) is 0 Å². The molecule has 0 bridgehead atoms. The van der Waals surface area contributed by atoms with Crippen LogP contribution < -0.4 is 0 Å². The Bertz CT molecular complexity index is 483. The van der Waals surface area contributed by atoms with Crippen LogP contribution >= 0.6 is 15.9 Å². The van der Waals surface area contributed by atoms with Gasteiger partial charge in [-0.25, -0.2) is 4.79 Å². The number of esters is 1. The van der Waals surface area contributed by atoms with Crippen molar-refractivity contribution in [2.75, 3.05) is 6.61 Å². The molecule has 0 amide bonds. The van der Waals surface area contributed by atoms with Gasteiger partial charge in [0.1, 0.15) is 0 Å². The Hall–Kier alpha value is -1.37. The number of rotatable bonds is 3. The van der Waals surface area contributed by atoms with Crippen molar-refractivity contribution in [2.45, 2.75) is 13.1 Å². The summed E-state index contributed by atoms with van der Waals surface area (Å²) in [5.41, 5.74) is -1.90. The van der Waals surface area contributed by atoms with Crippen molar-refractivity contribution in [3.63, 3.8) is 0 Å². The maximum Gasteiger partial charge on any atom is 0.417 e. The number of carbonyl (C=O) groups is 2. The summed E-state index contributed by atoms with van der Waals surface area (Å²) >= 11 is 2.83. The minimum atomic E-state index is -4.72. The van der Waals surface area contributed by atoms with Crippen molar-refractivity contribution in [2.24, 2.45) is 0 Å². The number of Topliss-reactive ketones (excluding diaryl/α,β-unsaturated/α-hetero) is 1. The fourth-order valence-electron chi connectivity index (χ4n) is 1.29. The van der Waals surface area contributed by atoms with Crippen molar-refractivity contribution in [1.82, 2.24) is 0 Å². The van der Waals surface area contributed by atoms with Crippen LogP contribution in [0.2, 0.25) is 0 Å². The molecule has 0 fully saturated rings. The molecule has 1 aromatic rings. The second kappa shape index (κ2) is 5.51. The summed E-state index contributed by atoms with van der Waals surface area (Å²) in [6.45, 7) is 1.37. The van der Waals surface area contributed by atoms with Gasteiger partial charge in [-0.1, -0.05) is 22.0 Å². The third-order valence-corrected chi connectivity index (χ3v) is 2.67. The highest BCUT2D eigenvalue weighted by Crippen LogP contribution is 2.35. The summed E-state index contributed by atoms with van der Waals surface area (Å²) < 4.78 is 42.4. The topological polar surface area (TPSA) is 43.4 Å². The Morgan fingerprint density at radius 1 is 1.33 bits per heavy atom. The zero-order valence-corrected chi connectivity index (χ0v) is 10.8. The van der Waals surface area contributed by atoms with Crippen LogP contribution in [0.5, 0.6) is 0 Å². The van der Waals surface area contributed by atoms with Crippen molar-refractivity contribution >= 4 is 27.7 Å². The summed E-state index contributed by atoms with van der Waals surface area (Å²) in [4.78, 5) is 22.8. The molecule has 98 valence electrons.